The van der Waals surface area contributed by atoms with Gasteiger partial charge in [-0.2, -0.15) is 19.7 Å². The molecule has 0 unspecified atom stereocenters. The number of fused-ring (bicyclic) bond motifs is 1. The van der Waals surface area contributed by atoms with Gasteiger partial charge < -0.3 is 5.32 Å². The lowest BCUT2D eigenvalue weighted by Crippen LogP contribution is -2.37. The first-order valence-electron chi connectivity index (χ1n) is 8.77. The van der Waals surface area contributed by atoms with Gasteiger partial charge in [0.1, 0.15) is 17.8 Å². The van der Waals surface area contributed by atoms with Crippen molar-refractivity contribution in [1.82, 2.24) is 34.7 Å². The standard InChI is InChI=1S/C19H18FN7O/c1-12-7-8-26(25-12)10-13(2)23-18(28)17-9-16(14-3-5-15(20)6-4-14)24-19-21-11-22-27(17)19/h3-9,11,13H,10H2,1-2H3,(H,23,28)/t13-/m1/s1. The molecule has 0 radical (unpaired) electrons. The first kappa shape index (κ1) is 17.8. The van der Waals surface area contributed by atoms with Gasteiger partial charge in [-0.3, -0.25) is 9.48 Å². The van der Waals surface area contributed by atoms with Crippen molar-refractivity contribution >= 4 is 11.7 Å². The number of hydrogen-bond donors (Lipinski definition) is 1. The molecule has 0 saturated heterocycles. The summed E-state index contributed by atoms with van der Waals surface area (Å²) in [6.07, 6.45) is 3.20. The Morgan fingerprint density at radius 3 is 2.75 bits per heavy atom. The minimum absolute atomic E-state index is 0.159. The number of hydrogen-bond acceptors (Lipinski definition) is 5. The molecule has 0 saturated carbocycles. The maximum Gasteiger partial charge on any atom is 0.270 e. The molecule has 0 aliphatic rings. The van der Waals surface area contributed by atoms with Gasteiger partial charge in [0.15, 0.2) is 0 Å². The van der Waals surface area contributed by atoms with Gasteiger partial charge in [0, 0.05) is 17.8 Å². The second-order valence-electron chi connectivity index (χ2n) is 6.56. The predicted molar refractivity (Wildman–Crippen MR) is 100 cm³/mol. The molecule has 1 aromatic carbocycles. The van der Waals surface area contributed by atoms with Gasteiger partial charge in [0.2, 0.25) is 0 Å². The van der Waals surface area contributed by atoms with E-state index in [4.69, 9.17) is 0 Å². The molecule has 0 aliphatic heterocycles. The third-order valence-electron chi connectivity index (χ3n) is 4.24. The van der Waals surface area contributed by atoms with E-state index in [9.17, 15) is 9.18 Å². The molecule has 0 fully saturated rings. The zero-order valence-corrected chi connectivity index (χ0v) is 15.4. The average molecular weight is 379 g/mol. The number of nitrogens with one attached hydrogen (secondary N) is 1. The van der Waals surface area contributed by atoms with Crippen molar-refractivity contribution in [3.63, 3.8) is 0 Å². The Balaban J connectivity index is 1.62. The molecule has 0 bridgehead atoms. The predicted octanol–water partition coefficient (Wildman–Crippen LogP) is 2.25. The summed E-state index contributed by atoms with van der Waals surface area (Å²) in [4.78, 5) is 21.4. The van der Waals surface area contributed by atoms with Crippen molar-refractivity contribution < 1.29 is 9.18 Å². The quantitative estimate of drug-likeness (QED) is 0.574. The summed E-state index contributed by atoms with van der Waals surface area (Å²) in [6.45, 7) is 4.35. The summed E-state index contributed by atoms with van der Waals surface area (Å²) < 4.78 is 16.4. The highest BCUT2D eigenvalue weighted by Gasteiger charge is 2.18. The van der Waals surface area contributed by atoms with Crippen molar-refractivity contribution in [2.24, 2.45) is 0 Å². The third-order valence-corrected chi connectivity index (χ3v) is 4.24. The van der Waals surface area contributed by atoms with Gasteiger partial charge in [-0.15, -0.1) is 0 Å². The van der Waals surface area contributed by atoms with Crippen molar-refractivity contribution in [3.05, 3.63) is 66.1 Å². The number of carbonyl (C=O) groups excluding carboxylic acids is 1. The fourth-order valence-electron chi connectivity index (χ4n) is 2.93. The van der Waals surface area contributed by atoms with E-state index in [0.717, 1.165) is 5.69 Å². The Kier molecular flexibility index (Phi) is 4.56. The van der Waals surface area contributed by atoms with E-state index < -0.39 is 0 Å². The normalized spacial score (nSPS) is 12.2. The van der Waals surface area contributed by atoms with Gasteiger partial charge in [0.05, 0.1) is 17.9 Å². The largest absolute Gasteiger partial charge is 0.346 e. The summed E-state index contributed by atoms with van der Waals surface area (Å²) in [6, 6.07) is 9.27. The van der Waals surface area contributed by atoms with Gasteiger partial charge in [-0.05, 0) is 50.2 Å². The van der Waals surface area contributed by atoms with E-state index in [1.807, 2.05) is 26.1 Å². The lowest BCUT2D eigenvalue weighted by molar-refractivity contribution is 0.0928. The molecule has 4 aromatic rings. The van der Waals surface area contributed by atoms with Gasteiger partial charge >= 0.3 is 0 Å². The van der Waals surface area contributed by atoms with Gasteiger partial charge in [0.25, 0.3) is 11.7 Å². The first-order chi connectivity index (χ1) is 13.5. The molecule has 4 rings (SSSR count). The van der Waals surface area contributed by atoms with Crippen LogP contribution in [0.5, 0.6) is 0 Å². The molecule has 142 valence electrons. The third kappa shape index (κ3) is 3.59. The van der Waals surface area contributed by atoms with Crippen LogP contribution in [-0.2, 0) is 6.54 Å². The summed E-state index contributed by atoms with van der Waals surface area (Å²) in [5.41, 5.74) is 2.41. The molecular formula is C19H18FN7O. The molecule has 3 aromatic heterocycles. The zero-order valence-electron chi connectivity index (χ0n) is 15.4. The van der Waals surface area contributed by atoms with E-state index in [1.54, 1.807) is 22.9 Å². The lowest BCUT2D eigenvalue weighted by Gasteiger charge is -2.15. The van der Waals surface area contributed by atoms with Crippen LogP contribution in [0.25, 0.3) is 17.0 Å². The number of amides is 1. The van der Waals surface area contributed by atoms with Crippen molar-refractivity contribution in [2.75, 3.05) is 0 Å². The van der Waals surface area contributed by atoms with E-state index >= 15 is 0 Å². The minimum Gasteiger partial charge on any atom is -0.346 e. The van der Waals surface area contributed by atoms with Crippen molar-refractivity contribution in [1.29, 1.82) is 0 Å². The highest BCUT2D eigenvalue weighted by molar-refractivity contribution is 5.94. The van der Waals surface area contributed by atoms with Crippen molar-refractivity contribution in [3.8, 4) is 11.3 Å². The number of rotatable bonds is 5. The van der Waals surface area contributed by atoms with Crippen LogP contribution in [0, 0.1) is 12.7 Å². The molecule has 3 heterocycles. The van der Waals surface area contributed by atoms with Gasteiger partial charge in [-0.1, -0.05) is 0 Å². The number of carbonyl (C=O) groups is 1. The second-order valence-corrected chi connectivity index (χ2v) is 6.56. The van der Waals surface area contributed by atoms with Crippen molar-refractivity contribution in [2.45, 2.75) is 26.4 Å². The Bertz CT molecular complexity index is 1130. The van der Waals surface area contributed by atoms with E-state index in [2.05, 4.69) is 25.5 Å². The minimum atomic E-state index is -0.340. The van der Waals surface area contributed by atoms with E-state index in [1.165, 1.54) is 23.0 Å². The van der Waals surface area contributed by atoms with Gasteiger partial charge in [-0.25, -0.2) is 9.37 Å². The monoisotopic (exact) mass is 379 g/mol. The van der Waals surface area contributed by atoms with Crippen LogP contribution in [0.1, 0.15) is 23.1 Å². The summed E-state index contributed by atoms with van der Waals surface area (Å²) in [5.74, 6) is -0.354. The second kappa shape index (κ2) is 7.18. The van der Waals surface area contributed by atoms with Crippen LogP contribution < -0.4 is 5.32 Å². The first-order valence-corrected chi connectivity index (χ1v) is 8.77. The van der Waals surface area contributed by atoms with Crippen LogP contribution in [-0.4, -0.2) is 41.3 Å². The number of aromatic nitrogens is 6. The fraction of sp³-hybridized carbons (Fsp3) is 0.211. The Morgan fingerprint density at radius 1 is 1.25 bits per heavy atom. The smallest absolute Gasteiger partial charge is 0.270 e. The number of halogens is 1. The number of aryl methyl sites for hydroxylation is 1. The molecule has 1 amide bonds. The number of benzene rings is 1. The molecule has 9 heteroatoms. The molecule has 0 spiro atoms. The van der Waals surface area contributed by atoms with Crippen LogP contribution in [0.2, 0.25) is 0 Å². The van der Waals surface area contributed by atoms with Crippen LogP contribution in [0.3, 0.4) is 0 Å². The highest BCUT2D eigenvalue weighted by Crippen LogP contribution is 2.19. The molecule has 28 heavy (non-hydrogen) atoms. The fourth-order valence-corrected chi connectivity index (χ4v) is 2.93. The SMILES string of the molecule is Cc1ccn(C[C@@H](C)NC(=O)c2cc(-c3ccc(F)cc3)nc3ncnn23)n1. The summed E-state index contributed by atoms with van der Waals surface area (Å²) in [5, 5.41) is 11.4. The summed E-state index contributed by atoms with van der Waals surface area (Å²) in [7, 11) is 0. The van der Waals surface area contributed by atoms with Crippen LogP contribution >= 0.6 is 0 Å². The maximum absolute atomic E-state index is 13.2. The van der Waals surface area contributed by atoms with Crippen LogP contribution in [0.15, 0.2) is 48.9 Å². The Hall–Kier alpha value is -3.62. The topological polar surface area (TPSA) is 90.0 Å². The Labute approximate surface area is 160 Å². The Morgan fingerprint density at radius 2 is 2.04 bits per heavy atom. The molecule has 1 atom stereocenters. The molecule has 0 aliphatic carbocycles. The lowest BCUT2D eigenvalue weighted by atomic mass is 10.1. The molecule has 8 nitrogen and oxygen atoms in total. The highest BCUT2D eigenvalue weighted by atomic mass is 19.1. The van der Waals surface area contributed by atoms with E-state index in [-0.39, 0.29) is 17.8 Å². The number of nitrogens with zero attached hydrogens (tertiary/aromatic N) is 6. The van der Waals surface area contributed by atoms with Crippen LogP contribution in [0.4, 0.5) is 4.39 Å². The molecular weight excluding hydrogens is 361 g/mol. The summed E-state index contributed by atoms with van der Waals surface area (Å²) >= 11 is 0. The maximum atomic E-state index is 13.2. The molecule has 1 N–H and O–H groups in total. The van der Waals surface area contributed by atoms with E-state index in [0.29, 0.717) is 29.3 Å². The average Bonchev–Trinajstić information content (AvgIpc) is 3.30. The zero-order chi connectivity index (χ0) is 19.7.